The van der Waals surface area contributed by atoms with E-state index in [1.807, 2.05) is 30.5 Å². The van der Waals surface area contributed by atoms with Crippen molar-refractivity contribution in [3.05, 3.63) is 65.9 Å². The lowest BCUT2D eigenvalue weighted by molar-refractivity contribution is -0.153. The molecule has 0 spiro atoms. The van der Waals surface area contributed by atoms with Gasteiger partial charge in [-0.05, 0) is 35.6 Å². The maximum absolute atomic E-state index is 13.2. The minimum absolute atomic E-state index is 0.0268. The highest BCUT2D eigenvalue weighted by Crippen LogP contribution is 2.24. The SMILES string of the molecule is CSc1cccc(CN2CCN3C(=O)[C@H](Cc4c[nH]c5ccccc45)NC(=O)[C@H]3C2)c1. The Labute approximate surface area is 186 Å². The maximum Gasteiger partial charge on any atom is 0.246 e. The molecule has 2 N–H and O–H groups in total. The van der Waals surface area contributed by atoms with Gasteiger partial charge in [0.2, 0.25) is 11.8 Å². The molecule has 6 nitrogen and oxygen atoms in total. The number of thioether (sulfide) groups is 1. The number of fused-ring (bicyclic) bond motifs is 2. The zero-order valence-electron chi connectivity index (χ0n) is 17.5. The zero-order chi connectivity index (χ0) is 21.4. The van der Waals surface area contributed by atoms with Crippen molar-refractivity contribution in [1.29, 1.82) is 0 Å². The van der Waals surface area contributed by atoms with Crippen molar-refractivity contribution in [1.82, 2.24) is 20.1 Å². The Morgan fingerprint density at radius 1 is 1.10 bits per heavy atom. The van der Waals surface area contributed by atoms with Crippen LogP contribution in [0, 0.1) is 0 Å². The van der Waals surface area contributed by atoms with Gasteiger partial charge >= 0.3 is 0 Å². The van der Waals surface area contributed by atoms with Gasteiger partial charge in [-0.2, -0.15) is 0 Å². The number of rotatable bonds is 5. The second-order valence-corrected chi connectivity index (χ2v) is 9.14. The highest BCUT2D eigenvalue weighted by atomic mass is 32.2. The van der Waals surface area contributed by atoms with Crippen LogP contribution in [0.25, 0.3) is 10.9 Å². The summed E-state index contributed by atoms with van der Waals surface area (Å²) < 4.78 is 0. The molecule has 2 fully saturated rings. The highest BCUT2D eigenvalue weighted by molar-refractivity contribution is 7.98. The number of hydrogen-bond acceptors (Lipinski definition) is 4. The molecule has 0 saturated carbocycles. The number of H-pyrrole nitrogens is 1. The maximum atomic E-state index is 13.2. The predicted octanol–water partition coefficient (Wildman–Crippen LogP) is 2.64. The number of benzene rings is 2. The van der Waals surface area contributed by atoms with Crippen molar-refractivity contribution >= 4 is 34.5 Å². The average molecular weight is 435 g/mol. The topological polar surface area (TPSA) is 68.4 Å². The minimum Gasteiger partial charge on any atom is -0.361 e. The Hall–Kier alpha value is -2.77. The fourth-order valence-electron chi connectivity index (χ4n) is 4.69. The van der Waals surface area contributed by atoms with Crippen LogP contribution in [0.2, 0.25) is 0 Å². The number of aromatic amines is 1. The van der Waals surface area contributed by atoms with Crippen LogP contribution >= 0.6 is 11.8 Å². The summed E-state index contributed by atoms with van der Waals surface area (Å²) in [6.07, 6.45) is 4.52. The van der Waals surface area contributed by atoms with Crippen LogP contribution in [0.4, 0.5) is 0 Å². The fourth-order valence-corrected chi connectivity index (χ4v) is 5.17. The second kappa shape index (κ2) is 8.40. The van der Waals surface area contributed by atoms with Crippen LogP contribution in [0.1, 0.15) is 11.1 Å². The lowest BCUT2D eigenvalue weighted by Gasteiger charge is -2.45. The number of para-hydroxylation sites is 1. The van der Waals surface area contributed by atoms with E-state index in [-0.39, 0.29) is 11.8 Å². The summed E-state index contributed by atoms with van der Waals surface area (Å²) >= 11 is 1.73. The number of nitrogens with one attached hydrogen (secondary N) is 2. The number of carbonyl (C=O) groups excluding carboxylic acids is 2. The molecule has 2 aliphatic heterocycles. The molecular weight excluding hydrogens is 408 g/mol. The van der Waals surface area contributed by atoms with E-state index in [4.69, 9.17) is 0 Å². The van der Waals surface area contributed by atoms with Gasteiger partial charge in [0.15, 0.2) is 0 Å². The van der Waals surface area contributed by atoms with Crippen LogP contribution in [0.15, 0.2) is 59.6 Å². The Kier molecular flexibility index (Phi) is 5.46. The molecule has 31 heavy (non-hydrogen) atoms. The lowest BCUT2D eigenvalue weighted by atomic mass is 9.98. The molecule has 2 atom stereocenters. The molecule has 160 valence electrons. The third kappa shape index (κ3) is 3.95. The number of amides is 2. The Balaban J connectivity index is 1.27. The number of aromatic nitrogens is 1. The zero-order valence-corrected chi connectivity index (χ0v) is 18.3. The molecule has 0 aliphatic carbocycles. The van der Waals surface area contributed by atoms with E-state index >= 15 is 0 Å². The summed E-state index contributed by atoms with van der Waals surface area (Å²) in [5, 5.41) is 4.10. The molecule has 0 radical (unpaired) electrons. The molecule has 5 rings (SSSR count). The first kappa shape index (κ1) is 20.2. The van der Waals surface area contributed by atoms with Crippen molar-refractivity contribution < 1.29 is 9.59 Å². The van der Waals surface area contributed by atoms with Gasteiger partial charge in [0, 0.05) is 54.6 Å². The number of piperazine rings is 2. The fraction of sp³-hybridized carbons (Fsp3) is 0.333. The first-order valence-electron chi connectivity index (χ1n) is 10.6. The van der Waals surface area contributed by atoms with Crippen LogP contribution in [0.3, 0.4) is 0 Å². The minimum atomic E-state index is -0.507. The quantitative estimate of drug-likeness (QED) is 0.606. The van der Waals surface area contributed by atoms with Crippen LogP contribution in [-0.4, -0.2) is 64.6 Å². The molecule has 2 aromatic carbocycles. The van der Waals surface area contributed by atoms with Crippen LogP contribution < -0.4 is 5.32 Å². The molecule has 0 unspecified atom stereocenters. The van der Waals surface area contributed by atoms with Gasteiger partial charge in [-0.1, -0.05) is 30.3 Å². The van der Waals surface area contributed by atoms with Crippen molar-refractivity contribution in [2.24, 2.45) is 0 Å². The van der Waals surface area contributed by atoms with E-state index in [0.717, 1.165) is 29.6 Å². The van der Waals surface area contributed by atoms with Gasteiger partial charge in [0.25, 0.3) is 0 Å². The van der Waals surface area contributed by atoms with E-state index in [0.29, 0.717) is 19.5 Å². The average Bonchev–Trinajstić information content (AvgIpc) is 3.20. The van der Waals surface area contributed by atoms with E-state index in [2.05, 4.69) is 45.7 Å². The van der Waals surface area contributed by atoms with Gasteiger partial charge in [0.1, 0.15) is 12.1 Å². The largest absolute Gasteiger partial charge is 0.361 e. The summed E-state index contributed by atoms with van der Waals surface area (Å²) in [5.74, 6) is -0.0223. The molecule has 3 heterocycles. The lowest BCUT2D eigenvalue weighted by Crippen LogP contribution is -2.69. The van der Waals surface area contributed by atoms with Gasteiger partial charge < -0.3 is 15.2 Å². The van der Waals surface area contributed by atoms with Gasteiger partial charge in [-0.25, -0.2) is 0 Å². The number of nitrogens with zero attached hydrogens (tertiary/aromatic N) is 2. The van der Waals surface area contributed by atoms with Gasteiger partial charge in [-0.15, -0.1) is 11.8 Å². The summed E-state index contributed by atoms with van der Waals surface area (Å²) in [6, 6.07) is 15.6. The molecule has 0 bridgehead atoms. The van der Waals surface area contributed by atoms with Crippen LogP contribution in [0.5, 0.6) is 0 Å². The summed E-state index contributed by atoms with van der Waals surface area (Å²) in [5.41, 5.74) is 3.34. The van der Waals surface area contributed by atoms with Gasteiger partial charge in [0.05, 0.1) is 0 Å². The van der Waals surface area contributed by atoms with Gasteiger partial charge in [-0.3, -0.25) is 14.5 Å². The summed E-state index contributed by atoms with van der Waals surface area (Å²) in [7, 11) is 0. The van der Waals surface area contributed by atoms with E-state index < -0.39 is 12.1 Å². The standard InChI is InChI=1S/C24H26N4O2S/c1-31-18-6-4-5-16(11-18)14-27-9-10-28-22(15-27)23(29)26-21(24(28)30)12-17-13-25-20-8-3-2-7-19(17)20/h2-8,11,13,21-22,25H,9-10,12,14-15H2,1H3,(H,26,29)/t21-,22+/m0/s1. The summed E-state index contributed by atoms with van der Waals surface area (Å²) in [4.78, 5) is 34.7. The van der Waals surface area contributed by atoms with Crippen molar-refractivity contribution in [3.63, 3.8) is 0 Å². The monoisotopic (exact) mass is 434 g/mol. The van der Waals surface area contributed by atoms with E-state index in [1.165, 1.54) is 10.5 Å². The van der Waals surface area contributed by atoms with Crippen molar-refractivity contribution in [2.75, 3.05) is 25.9 Å². The smallest absolute Gasteiger partial charge is 0.246 e. The molecule has 2 amide bonds. The molecule has 3 aromatic rings. The number of hydrogen-bond donors (Lipinski definition) is 2. The molecule has 1 aromatic heterocycles. The summed E-state index contributed by atoms with van der Waals surface area (Å²) in [6.45, 7) is 2.72. The normalized spacial score (nSPS) is 21.9. The predicted molar refractivity (Wildman–Crippen MR) is 123 cm³/mol. The number of carbonyl (C=O) groups is 2. The molecule has 7 heteroatoms. The van der Waals surface area contributed by atoms with E-state index in [1.54, 1.807) is 16.7 Å². The Morgan fingerprint density at radius 3 is 2.84 bits per heavy atom. The molecular formula is C24H26N4O2S. The Bertz CT molecular complexity index is 1130. The highest BCUT2D eigenvalue weighted by Gasteiger charge is 2.43. The first-order chi connectivity index (χ1) is 15.1. The molecule has 2 saturated heterocycles. The Morgan fingerprint density at radius 2 is 1.97 bits per heavy atom. The second-order valence-electron chi connectivity index (χ2n) is 8.26. The van der Waals surface area contributed by atoms with Crippen LogP contribution in [-0.2, 0) is 22.6 Å². The third-order valence-electron chi connectivity index (χ3n) is 6.30. The van der Waals surface area contributed by atoms with Crippen molar-refractivity contribution in [3.8, 4) is 0 Å². The third-order valence-corrected chi connectivity index (χ3v) is 7.03. The van der Waals surface area contributed by atoms with E-state index in [9.17, 15) is 9.59 Å². The molecule has 2 aliphatic rings. The van der Waals surface area contributed by atoms with Crippen molar-refractivity contribution in [2.45, 2.75) is 29.9 Å². The first-order valence-corrected chi connectivity index (χ1v) is 11.9.